The molecule has 3 aromatic rings. The fourth-order valence-corrected chi connectivity index (χ4v) is 5.15. The lowest BCUT2D eigenvalue weighted by Gasteiger charge is -2.29. The summed E-state index contributed by atoms with van der Waals surface area (Å²) in [4.78, 5) is 13.5. The highest BCUT2D eigenvalue weighted by Gasteiger charge is 2.26. The number of nitrogens with zero attached hydrogens (tertiary/aromatic N) is 2. The topological polar surface area (TPSA) is 62.6 Å². The van der Waals surface area contributed by atoms with E-state index in [1.807, 2.05) is 35.9 Å². The standard InChI is InChI=1S/C22H25ClN2O4S/c1-13-19-20(26)14(2)24-25(22(19)30-21(13)23)12-18(29-15-8-10-28-11-9-15)16-6-4-5-7-17(16)27-3/h4-7,15,18H,8-12H2,1-3H3/t18-/m0/s1. The van der Waals surface area contributed by atoms with E-state index in [9.17, 15) is 4.79 Å². The van der Waals surface area contributed by atoms with E-state index >= 15 is 0 Å². The first kappa shape index (κ1) is 21.3. The van der Waals surface area contributed by atoms with Crippen molar-refractivity contribution in [3.8, 4) is 5.75 Å². The van der Waals surface area contributed by atoms with Gasteiger partial charge in [0, 0.05) is 18.8 Å². The molecule has 3 heterocycles. The maximum absolute atomic E-state index is 12.7. The van der Waals surface area contributed by atoms with Crippen LogP contribution in [-0.2, 0) is 16.0 Å². The molecule has 1 aliphatic rings. The van der Waals surface area contributed by atoms with Crippen molar-refractivity contribution in [1.82, 2.24) is 9.78 Å². The number of hydrogen-bond donors (Lipinski definition) is 0. The molecule has 1 atom stereocenters. The smallest absolute Gasteiger partial charge is 0.212 e. The van der Waals surface area contributed by atoms with Crippen LogP contribution in [0.5, 0.6) is 5.75 Å². The molecule has 1 saturated heterocycles. The van der Waals surface area contributed by atoms with E-state index in [0.717, 1.165) is 34.5 Å². The Morgan fingerprint density at radius 3 is 2.77 bits per heavy atom. The van der Waals surface area contributed by atoms with Gasteiger partial charge in [0.2, 0.25) is 5.43 Å². The van der Waals surface area contributed by atoms with E-state index in [-0.39, 0.29) is 17.6 Å². The molecule has 0 aliphatic carbocycles. The number of rotatable bonds is 6. The Bertz CT molecular complexity index is 1100. The maximum atomic E-state index is 12.7. The number of thiophene rings is 1. The fraction of sp³-hybridized carbons (Fsp3) is 0.455. The normalized spacial score (nSPS) is 16.1. The van der Waals surface area contributed by atoms with Crippen molar-refractivity contribution < 1.29 is 14.2 Å². The van der Waals surface area contributed by atoms with Gasteiger partial charge in [-0.3, -0.25) is 9.48 Å². The van der Waals surface area contributed by atoms with Crippen LogP contribution < -0.4 is 10.2 Å². The van der Waals surface area contributed by atoms with Gasteiger partial charge in [0.25, 0.3) is 0 Å². The Kier molecular flexibility index (Phi) is 6.43. The third-order valence-corrected chi connectivity index (χ3v) is 7.09. The minimum absolute atomic E-state index is 0.0684. The number of fused-ring (bicyclic) bond motifs is 1. The number of para-hydroxylation sites is 1. The zero-order chi connectivity index (χ0) is 21.3. The number of methoxy groups -OCH3 is 1. The molecule has 0 radical (unpaired) electrons. The first-order valence-corrected chi connectivity index (χ1v) is 11.2. The van der Waals surface area contributed by atoms with Gasteiger partial charge in [-0.05, 0) is 38.3 Å². The van der Waals surface area contributed by atoms with E-state index < -0.39 is 0 Å². The molecule has 6 nitrogen and oxygen atoms in total. The van der Waals surface area contributed by atoms with Crippen molar-refractivity contribution in [3.63, 3.8) is 0 Å². The number of ether oxygens (including phenoxy) is 3. The maximum Gasteiger partial charge on any atom is 0.212 e. The summed E-state index contributed by atoms with van der Waals surface area (Å²) in [7, 11) is 1.66. The summed E-state index contributed by atoms with van der Waals surface area (Å²) in [6.45, 7) is 5.46. The predicted molar refractivity (Wildman–Crippen MR) is 119 cm³/mol. The molecule has 2 aromatic heterocycles. The molecule has 30 heavy (non-hydrogen) atoms. The molecule has 1 aliphatic heterocycles. The third kappa shape index (κ3) is 4.12. The quantitative estimate of drug-likeness (QED) is 0.548. The van der Waals surface area contributed by atoms with Gasteiger partial charge >= 0.3 is 0 Å². The summed E-state index contributed by atoms with van der Waals surface area (Å²) in [6.07, 6.45) is 1.50. The Labute approximate surface area is 184 Å². The number of benzene rings is 1. The zero-order valence-corrected chi connectivity index (χ0v) is 18.9. The molecular weight excluding hydrogens is 424 g/mol. The summed E-state index contributed by atoms with van der Waals surface area (Å²) in [5, 5.41) is 5.22. The SMILES string of the molecule is COc1ccccc1[C@H](Cn1nc(C)c(=O)c2c(C)c(Cl)sc21)OC1CCOCC1. The molecular formula is C22H25ClN2O4S. The van der Waals surface area contributed by atoms with Crippen LogP contribution in [0.4, 0.5) is 0 Å². The second kappa shape index (κ2) is 9.06. The molecule has 4 rings (SSSR count). The van der Waals surface area contributed by atoms with Crippen LogP contribution in [0.1, 0.15) is 35.8 Å². The summed E-state index contributed by atoms with van der Waals surface area (Å²) >= 11 is 7.76. The summed E-state index contributed by atoms with van der Waals surface area (Å²) in [5.74, 6) is 0.768. The van der Waals surface area contributed by atoms with Gasteiger partial charge < -0.3 is 14.2 Å². The largest absolute Gasteiger partial charge is 0.496 e. The highest BCUT2D eigenvalue weighted by molar-refractivity contribution is 7.22. The van der Waals surface area contributed by atoms with Gasteiger partial charge in [0.1, 0.15) is 22.4 Å². The zero-order valence-electron chi connectivity index (χ0n) is 17.3. The average molecular weight is 449 g/mol. The molecule has 1 aromatic carbocycles. The van der Waals surface area contributed by atoms with Crippen LogP contribution in [0.3, 0.4) is 0 Å². The van der Waals surface area contributed by atoms with Crippen LogP contribution >= 0.6 is 22.9 Å². The first-order valence-electron chi connectivity index (χ1n) is 10.0. The van der Waals surface area contributed by atoms with E-state index in [1.165, 1.54) is 11.3 Å². The number of hydrogen-bond acceptors (Lipinski definition) is 6. The molecule has 0 N–H and O–H groups in total. The second-order valence-electron chi connectivity index (χ2n) is 7.46. The highest BCUT2D eigenvalue weighted by Crippen LogP contribution is 2.35. The first-order chi connectivity index (χ1) is 14.5. The van der Waals surface area contributed by atoms with Crippen molar-refractivity contribution in [1.29, 1.82) is 0 Å². The van der Waals surface area contributed by atoms with Crippen LogP contribution in [0, 0.1) is 13.8 Å². The minimum Gasteiger partial charge on any atom is -0.496 e. The molecule has 0 bridgehead atoms. The van der Waals surface area contributed by atoms with Gasteiger partial charge in [-0.15, -0.1) is 11.3 Å². The average Bonchev–Trinajstić information content (AvgIpc) is 3.07. The van der Waals surface area contributed by atoms with E-state index in [2.05, 4.69) is 5.10 Å². The van der Waals surface area contributed by atoms with Gasteiger partial charge in [0.05, 0.1) is 29.5 Å². The summed E-state index contributed by atoms with van der Waals surface area (Å²) < 4.78 is 20.1. The number of aryl methyl sites for hydroxylation is 2. The number of halogens is 1. The van der Waals surface area contributed by atoms with Crippen LogP contribution in [-0.4, -0.2) is 36.2 Å². The monoisotopic (exact) mass is 448 g/mol. The minimum atomic E-state index is -0.289. The van der Waals surface area contributed by atoms with Crippen molar-refractivity contribution in [2.75, 3.05) is 20.3 Å². The van der Waals surface area contributed by atoms with Crippen molar-refractivity contribution in [2.24, 2.45) is 0 Å². The van der Waals surface area contributed by atoms with Gasteiger partial charge in [-0.1, -0.05) is 29.8 Å². The molecule has 0 saturated carbocycles. The lowest BCUT2D eigenvalue weighted by Crippen LogP contribution is -2.28. The van der Waals surface area contributed by atoms with Crippen molar-refractivity contribution in [2.45, 2.75) is 45.4 Å². The summed E-state index contributed by atoms with van der Waals surface area (Å²) in [6, 6.07) is 7.86. The van der Waals surface area contributed by atoms with Crippen molar-refractivity contribution in [3.05, 3.63) is 55.6 Å². The van der Waals surface area contributed by atoms with Crippen LogP contribution in [0.25, 0.3) is 10.2 Å². The third-order valence-electron chi connectivity index (χ3n) is 5.48. The lowest BCUT2D eigenvalue weighted by atomic mass is 10.1. The van der Waals surface area contributed by atoms with Crippen LogP contribution in [0.15, 0.2) is 29.1 Å². The van der Waals surface area contributed by atoms with Crippen LogP contribution in [0.2, 0.25) is 4.34 Å². The highest BCUT2D eigenvalue weighted by atomic mass is 35.5. The molecule has 0 amide bonds. The Morgan fingerprint density at radius 2 is 2.03 bits per heavy atom. The molecule has 8 heteroatoms. The van der Waals surface area contributed by atoms with E-state index in [0.29, 0.717) is 35.2 Å². The van der Waals surface area contributed by atoms with E-state index in [1.54, 1.807) is 14.0 Å². The van der Waals surface area contributed by atoms with E-state index in [4.69, 9.17) is 25.8 Å². The molecule has 0 spiro atoms. The fourth-order valence-electron chi connectivity index (χ4n) is 3.85. The molecule has 1 fully saturated rings. The van der Waals surface area contributed by atoms with Gasteiger partial charge in [-0.2, -0.15) is 5.10 Å². The molecule has 0 unspecified atom stereocenters. The number of aromatic nitrogens is 2. The molecule has 160 valence electrons. The van der Waals surface area contributed by atoms with Gasteiger partial charge in [0.15, 0.2) is 0 Å². The second-order valence-corrected chi connectivity index (χ2v) is 9.06. The Morgan fingerprint density at radius 1 is 1.30 bits per heavy atom. The van der Waals surface area contributed by atoms with Crippen molar-refractivity contribution >= 4 is 33.2 Å². The predicted octanol–water partition coefficient (Wildman–Crippen LogP) is 4.67. The van der Waals surface area contributed by atoms with Gasteiger partial charge in [-0.25, -0.2) is 0 Å². The Hall–Kier alpha value is -1.93. The lowest BCUT2D eigenvalue weighted by molar-refractivity contribution is -0.0758. The Balaban J connectivity index is 1.77. The summed E-state index contributed by atoms with van der Waals surface area (Å²) in [5.41, 5.74) is 2.14.